The van der Waals surface area contributed by atoms with Crippen molar-refractivity contribution >= 4 is 43.6 Å². The second kappa shape index (κ2) is 5.22. The van der Waals surface area contributed by atoms with Crippen LogP contribution in [0, 0.1) is 6.92 Å². The van der Waals surface area contributed by atoms with Crippen LogP contribution in [0.15, 0.2) is 21.2 Å². The van der Waals surface area contributed by atoms with Gasteiger partial charge < -0.3 is 11.5 Å². The molecule has 0 unspecified atom stereocenters. The zero-order chi connectivity index (χ0) is 14.2. The Morgan fingerprint density at radius 2 is 2.00 bits per heavy atom. The number of amides is 1. The molecule has 0 aromatic carbocycles. The first kappa shape index (κ1) is 13.9. The summed E-state index contributed by atoms with van der Waals surface area (Å²) in [5.74, 6) is -0.268. The van der Waals surface area contributed by atoms with Gasteiger partial charge in [0.25, 0.3) is 5.91 Å². The largest absolute Gasteiger partial charge is 0.383 e. The van der Waals surface area contributed by atoms with E-state index in [0.717, 1.165) is 4.47 Å². The SMILES string of the molecule is Cc1nc(-c2ncc(Br)cc2Br)nc(N)c1C(N)=O. The number of anilines is 1. The smallest absolute Gasteiger partial charge is 0.254 e. The summed E-state index contributed by atoms with van der Waals surface area (Å²) in [5, 5.41) is 0. The molecule has 1 amide bonds. The van der Waals surface area contributed by atoms with Crippen LogP contribution in [0.5, 0.6) is 0 Å². The van der Waals surface area contributed by atoms with Crippen molar-refractivity contribution in [2.45, 2.75) is 6.92 Å². The quantitative estimate of drug-likeness (QED) is 0.821. The van der Waals surface area contributed by atoms with Crippen LogP contribution in [0.25, 0.3) is 11.5 Å². The van der Waals surface area contributed by atoms with Crippen molar-refractivity contribution in [3.05, 3.63) is 32.5 Å². The molecule has 0 aliphatic carbocycles. The molecule has 2 heterocycles. The summed E-state index contributed by atoms with van der Waals surface area (Å²) in [6.07, 6.45) is 1.62. The lowest BCUT2D eigenvalue weighted by Crippen LogP contribution is -2.18. The minimum atomic E-state index is -0.649. The second-order valence-electron chi connectivity index (χ2n) is 3.74. The van der Waals surface area contributed by atoms with Gasteiger partial charge in [0.2, 0.25) is 0 Å². The number of aromatic nitrogens is 3. The number of aryl methyl sites for hydroxylation is 1. The minimum Gasteiger partial charge on any atom is -0.383 e. The van der Waals surface area contributed by atoms with Crippen molar-refractivity contribution in [1.29, 1.82) is 0 Å². The molecule has 0 aliphatic heterocycles. The number of halogens is 2. The number of hydrogen-bond donors (Lipinski definition) is 2. The minimum absolute atomic E-state index is 0.0478. The highest BCUT2D eigenvalue weighted by Crippen LogP contribution is 2.27. The molecule has 0 atom stereocenters. The van der Waals surface area contributed by atoms with E-state index in [1.54, 1.807) is 13.1 Å². The lowest BCUT2D eigenvalue weighted by Gasteiger charge is -2.08. The zero-order valence-corrected chi connectivity index (χ0v) is 13.0. The number of pyridine rings is 1. The van der Waals surface area contributed by atoms with Crippen LogP contribution < -0.4 is 11.5 Å². The third-order valence-electron chi connectivity index (χ3n) is 2.38. The van der Waals surface area contributed by atoms with Crippen LogP contribution in [-0.4, -0.2) is 20.9 Å². The van der Waals surface area contributed by atoms with Crippen LogP contribution in [-0.2, 0) is 0 Å². The van der Waals surface area contributed by atoms with Gasteiger partial charge in [-0.25, -0.2) is 9.97 Å². The van der Waals surface area contributed by atoms with Crippen LogP contribution in [0.2, 0.25) is 0 Å². The molecule has 8 heteroatoms. The second-order valence-corrected chi connectivity index (χ2v) is 5.51. The predicted molar refractivity (Wildman–Crippen MR) is 78.3 cm³/mol. The molecule has 4 N–H and O–H groups in total. The predicted octanol–water partition coefficient (Wildman–Crippen LogP) is 2.05. The fourth-order valence-corrected chi connectivity index (χ4v) is 2.75. The normalized spacial score (nSPS) is 10.5. The Labute approximate surface area is 125 Å². The van der Waals surface area contributed by atoms with Crippen LogP contribution >= 0.6 is 31.9 Å². The molecule has 0 aliphatic rings. The van der Waals surface area contributed by atoms with E-state index in [1.807, 2.05) is 6.07 Å². The fraction of sp³-hybridized carbons (Fsp3) is 0.0909. The fourth-order valence-electron chi connectivity index (χ4n) is 1.58. The van der Waals surface area contributed by atoms with E-state index in [0.29, 0.717) is 21.7 Å². The maximum atomic E-state index is 11.2. The molecule has 0 spiro atoms. The first-order valence-corrected chi connectivity index (χ1v) is 6.74. The third-order valence-corrected chi connectivity index (χ3v) is 3.42. The number of rotatable bonds is 2. The molecule has 0 fully saturated rings. The van der Waals surface area contributed by atoms with Gasteiger partial charge in [-0.1, -0.05) is 0 Å². The summed E-state index contributed by atoms with van der Waals surface area (Å²) in [7, 11) is 0. The molecule has 2 rings (SSSR count). The maximum Gasteiger partial charge on any atom is 0.254 e. The van der Waals surface area contributed by atoms with Gasteiger partial charge in [0.15, 0.2) is 5.82 Å². The van der Waals surface area contributed by atoms with E-state index in [4.69, 9.17) is 11.5 Å². The van der Waals surface area contributed by atoms with Gasteiger partial charge in [0.05, 0.1) is 5.69 Å². The van der Waals surface area contributed by atoms with Gasteiger partial charge >= 0.3 is 0 Å². The van der Waals surface area contributed by atoms with Crippen molar-refractivity contribution in [3.8, 4) is 11.5 Å². The van der Waals surface area contributed by atoms with Gasteiger partial charge in [-0.2, -0.15) is 0 Å². The van der Waals surface area contributed by atoms with Crippen LogP contribution in [0.1, 0.15) is 16.1 Å². The van der Waals surface area contributed by atoms with Crippen molar-refractivity contribution in [3.63, 3.8) is 0 Å². The number of nitrogens with zero attached hydrogens (tertiary/aromatic N) is 3. The molecule has 2 aromatic heterocycles. The van der Waals surface area contributed by atoms with Gasteiger partial charge in [-0.05, 0) is 44.8 Å². The van der Waals surface area contributed by atoms with Crippen molar-refractivity contribution in [2.24, 2.45) is 5.73 Å². The summed E-state index contributed by atoms with van der Waals surface area (Å²) >= 11 is 6.68. The summed E-state index contributed by atoms with van der Waals surface area (Å²) in [5.41, 5.74) is 12.1. The molecule has 0 saturated heterocycles. The van der Waals surface area contributed by atoms with Gasteiger partial charge in [0, 0.05) is 15.1 Å². The molecular weight excluding hydrogens is 378 g/mol. The van der Waals surface area contributed by atoms with Gasteiger partial charge in [-0.3, -0.25) is 9.78 Å². The van der Waals surface area contributed by atoms with E-state index >= 15 is 0 Å². The Balaban J connectivity index is 2.61. The number of nitrogen functional groups attached to an aromatic ring is 1. The standard InChI is InChI=1S/C11H9Br2N5O/c1-4-7(10(15)19)9(14)18-11(17-4)8-6(13)2-5(12)3-16-8/h2-3H,1H3,(H2,15,19)(H2,14,17,18). The van der Waals surface area contributed by atoms with Crippen LogP contribution in [0.4, 0.5) is 5.82 Å². The molecule has 98 valence electrons. The monoisotopic (exact) mass is 385 g/mol. The van der Waals surface area contributed by atoms with E-state index in [1.165, 1.54) is 0 Å². The lowest BCUT2D eigenvalue weighted by molar-refractivity contribution is 0.1000. The van der Waals surface area contributed by atoms with Gasteiger partial charge in [-0.15, -0.1) is 0 Å². The highest BCUT2D eigenvalue weighted by molar-refractivity contribution is 9.11. The van der Waals surface area contributed by atoms with Crippen molar-refractivity contribution < 1.29 is 4.79 Å². The first-order chi connectivity index (χ1) is 8.90. The maximum absolute atomic E-state index is 11.2. The van der Waals surface area contributed by atoms with E-state index in [9.17, 15) is 4.79 Å². The number of hydrogen-bond acceptors (Lipinski definition) is 5. The number of primary amides is 1. The van der Waals surface area contributed by atoms with Crippen LogP contribution in [0.3, 0.4) is 0 Å². The number of carbonyl (C=O) groups is 1. The summed E-state index contributed by atoms with van der Waals surface area (Å²) < 4.78 is 1.54. The molecule has 19 heavy (non-hydrogen) atoms. The summed E-state index contributed by atoms with van der Waals surface area (Å²) in [6, 6.07) is 1.82. The number of carbonyl (C=O) groups excluding carboxylic acids is 1. The van der Waals surface area contributed by atoms with Crippen molar-refractivity contribution in [1.82, 2.24) is 15.0 Å². The average molecular weight is 387 g/mol. The molecule has 2 aromatic rings. The topological polar surface area (TPSA) is 108 Å². The average Bonchev–Trinajstić information content (AvgIpc) is 2.26. The third kappa shape index (κ3) is 2.74. The van der Waals surface area contributed by atoms with Crippen molar-refractivity contribution in [2.75, 3.05) is 5.73 Å². The Morgan fingerprint density at radius 3 is 2.53 bits per heavy atom. The van der Waals surface area contributed by atoms with E-state index in [-0.39, 0.29) is 11.4 Å². The zero-order valence-electron chi connectivity index (χ0n) is 9.82. The highest BCUT2D eigenvalue weighted by Gasteiger charge is 2.17. The molecular formula is C11H9Br2N5O. The Morgan fingerprint density at radius 1 is 1.32 bits per heavy atom. The summed E-state index contributed by atoms with van der Waals surface area (Å²) in [4.78, 5) is 23.7. The molecule has 6 nitrogen and oxygen atoms in total. The molecule has 0 saturated carbocycles. The highest BCUT2D eigenvalue weighted by atomic mass is 79.9. The van der Waals surface area contributed by atoms with E-state index in [2.05, 4.69) is 46.8 Å². The summed E-state index contributed by atoms with van der Waals surface area (Å²) in [6.45, 7) is 1.65. The first-order valence-electron chi connectivity index (χ1n) is 5.15. The van der Waals surface area contributed by atoms with E-state index < -0.39 is 5.91 Å². The number of nitrogens with two attached hydrogens (primary N) is 2. The van der Waals surface area contributed by atoms with Gasteiger partial charge in [0.1, 0.15) is 17.1 Å². The molecule has 0 bridgehead atoms. The lowest BCUT2D eigenvalue weighted by atomic mass is 10.2. The Bertz CT molecular complexity index is 651. The Hall–Kier alpha value is -1.54. The molecule has 0 radical (unpaired) electrons. The Kier molecular flexibility index (Phi) is 3.81.